The molecule has 0 radical (unpaired) electrons. The van der Waals surface area contributed by atoms with Crippen LogP contribution in [0.5, 0.6) is 5.75 Å². The van der Waals surface area contributed by atoms with Crippen molar-refractivity contribution in [3.8, 4) is 5.75 Å². The minimum absolute atomic E-state index is 0.0180. The normalized spacial score (nSPS) is 10.4. The summed E-state index contributed by atoms with van der Waals surface area (Å²) < 4.78 is 32.3. The third-order valence-corrected chi connectivity index (χ3v) is 3.45. The number of Topliss-reactive ketones (excluding diaryl/α,β-unsaturated/α-hetero) is 1. The van der Waals surface area contributed by atoms with Crippen LogP contribution in [0.3, 0.4) is 0 Å². The third-order valence-electron chi connectivity index (χ3n) is 2.83. The summed E-state index contributed by atoms with van der Waals surface area (Å²) in [6, 6.07) is 8.73. The Kier molecular flexibility index (Phi) is 4.49. The summed E-state index contributed by atoms with van der Waals surface area (Å²) in [5.74, 6) is -1.46. The molecule has 2 aromatic rings. The number of halogens is 3. The number of carbonyl (C=O) groups is 1. The van der Waals surface area contributed by atoms with E-state index in [1.165, 1.54) is 31.4 Å². The van der Waals surface area contributed by atoms with Crippen LogP contribution in [-0.4, -0.2) is 12.9 Å². The van der Waals surface area contributed by atoms with Crippen molar-refractivity contribution in [3.63, 3.8) is 0 Å². The molecule has 0 aliphatic rings. The van der Waals surface area contributed by atoms with Crippen LogP contribution in [0.25, 0.3) is 0 Å². The van der Waals surface area contributed by atoms with Crippen molar-refractivity contribution in [3.05, 3.63) is 63.6 Å². The van der Waals surface area contributed by atoms with Crippen LogP contribution in [0, 0.1) is 11.6 Å². The van der Waals surface area contributed by atoms with Crippen LogP contribution in [0.4, 0.5) is 8.78 Å². The molecule has 2 aromatic carbocycles. The van der Waals surface area contributed by atoms with Gasteiger partial charge in [0, 0.05) is 6.42 Å². The minimum Gasteiger partial charge on any atom is -0.494 e. The highest BCUT2D eigenvalue weighted by Crippen LogP contribution is 2.22. The number of methoxy groups -OCH3 is 1. The largest absolute Gasteiger partial charge is 0.494 e. The van der Waals surface area contributed by atoms with E-state index in [9.17, 15) is 13.6 Å². The number of benzene rings is 2. The SMILES string of the molecule is COc1ccc(CC(=O)c2cccc(Br)c2F)cc1F. The molecule has 0 fully saturated rings. The highest BCUT2D eigenvalue weighted by atomic mass is 79.9. The van der Waals surface area contributed by atoms with Crippen molar-refractivity contribution in [2.75, 3.05) is 7.11 Å². The molecule has 0 aromatic heterocycles. The fraction of sp³-hybridized carbons (Fsp3) is 0.133. The van der Waals surface area contributed by atoms with Crippen LogP contribution in [-0.2, 0) is 6.42 Å². The van der Waals surface area contributed by atoms with Crippen LogP contribution < -0.4 is 4.74 Å². The number of hydrogen-bond donors (Lipinski definition) is 0. The molecule has 0 bridgehead atoms. The monoisotopic (exact) mass is 340 g/mol. The Morgan fingerprint density at radius 1 is 1.25 bits per heavy atom. The van der Waals surface area contributed by atoms with Gasteiger partial charge in [-0.3, -0.25) is 4.79 Å². The molecule has 0 saturated heterocycles. The average Bonchev–Trinajstić information content (AvgIpc) is 2.42. The molecule has 20 heavy (non-hydrogen) atoms. The summed E-state index contributed by atoms with van der Waals surface area (Å²) in [6.07, 6.45) is -0.0751. The second-order valence-corrected chi connectivity index (χ2v) is 5.02. The lowest BCUT2D eigenvalue weighted by Gasteiger charge is -2.06. The Hall–Kier alpha value is -1.75. The fourth-order valence-corrected chi connectivity index (χ4v) is 2.19. The average molecular weight is 341 g/mol. The first-order chi connectivity index (χ1) is 9.52. The van der Waals surface area contributed by atoms with E-state index in [1.807, 2.05) is 0 Å². The van der Waals surface area contributed by atoms with Gasteiger partial charge < -0.3 is 4.74 Å². The molecule has 5 heteroatoms. The third kappa shape index (κ3) is 3.04. The lowest BCUT2D eigenvalue weighted by Crippen LogP contribution is -2.07. The van der Waals surface area contributed by atoms with Gasteiger partial charge in [-0.1, -0.05) is 12.1 Å². The van der Waals surface area contributed by atoms with Gasteiger partial charge in [0.2, 0.25) is 0 Å². The quantitative estimate of drug-likeness (QED) is 0.781. The molecule has 0 aliphatic heterocycles. The van der Waals surface area contributed by atoms with E-state index in [4.69, 9.17) is 4.74 Å². The fourth-order valence-electron chi connectivity index (χ4n) is 1.82. The maximum absolute atomic E-state index is 13.8. The van der Waals surface area contributed by atoms with Crippen molar-refractivity contribution in [2.45, 2.75) is 6.42 Å². The standard InChI is InChI=1S/C15H11BrF2O2/c1-20-14-6-5-9(7-12(14)17)8-13(19)10-3-2-4-11(16)15(10)18/h2-7H,8H2,1H3. The van der Waals surface area contributed by atoms with Gasteiger partial charge in [-0.15, -0.1) is 0 Å². The maximum atomic E-state index is 13.8. The maximum Gasteiger partial charge on any atom is 0.170 e. The first-order valence-electron chi connectivity index (χ1n) is 5.82. The summed E-state index contributed by atoms with van der Waals surface area (Å²) in [5, 5.41) is 0. The topological polar surface area (TPSA) is 26.3 Å². The lowest BCUT2D eigenvalue weighted by molar-refractivity contribution is 0.0989. The number of hydrogen-bond acceptors (Lipinski definition) is 2. The van der Waals surface area contributed by atoms with Crippen molar-refractivity contribution in [1.29, 1.82) is 0 Å². The highest BCUT2D eigenvalue weighted by molar-refractivity contribution is 9.10. The smallest absolute Gasteiger partial charge is 0.170 e. The molecule has 0 saturated carbocycles. The van der Waals surface area contributed by atoms with Gasteiger partial charge in [-0.05, 0) is 45.8 Å². The Labute approximate surface area is 123 Å². The number of carbonyl (C=O) groups excluding carboxylic acids is 1. The molecule has 104 valence electrons. The molecule has 2 nitrogen and oxygen atoms in total. The summed E-state index contributed by atoms with van der Waals surface area (Å²) >= 11 is 3.03. The number of rotatable bonds is 4. The first-order valence-corrected chi connectivity index (χ1v) is 6.62. The van der Waals surface area contributed by atoms with E-state index in [0.29, 0.717) is 5.56 Å². The zero-order valence-corrected chi connectivity index (χ0v) is 12.2. The summed E-state index contributed by atoms with van der Waals surface area (Å²) in [5.41, 5.74) is 0.447. The van der Waals surface area contributed by atoms with E-state index in [2.05, 4.69) is 15.9 Å². The summed E-state index contributed by atoms with van der Waals surface area (Å²) in [4.78, 5) is 12.0. The van der Waals surface area contributed by atoms with Crippen molar-refractivity contribution < 1.29 is 18.3 Å². The van der Waals surface area contributed by atoms with E-state index in [-0.39, 0.29) is 22.2 Å². The Bertz CT molecular complexity index is 656. The van der Waals surface area contributed by atoms with Crippen LogP contribution in [0.1, 0.15) is 15.9 Å². The van der Waals surface area contributed by atoms with Crippen molar-refractivity contribution in [2.24, 2.45) is 0 Å². The van der Waals surface area contributed by atoms with Crippen LogP contribution >= 0.6 is 15.9 Å². The Morgan fingerprint density at radius 2 is 2.00 bits per heavy atom. The Balaban J connectivity index is 2.24. The van der Waals surface area contributed by atoms with Gasteiger partial charge in [-0.2, -0.15) is 0 Å². The molecule has 2 rings (SSSR count). The molecule has 0 spiro atoms. The second kappa shape index (κ2) is 6.13. The van der Waals surface area contributed by atoms with E-state index in [0.717, 1.165) is 0 Å². The zero-order chi connectivity index (χ0) is 14.7. The molecule has 0 N–H and O–H groups in total. The molecular weight excluding hydrogens is 330 g/mol. The molecule has 0 aliphatic carbocycles. The molecular formula is C15H11BrF2O2. The van der Waals surface area contributed by atoms with Gasteiger partial charge in [0.25, 0.3) is 0 Å². The van der Waals surface area contributed by atoms with Gasteiger partial charge in [0.1, 0.15) is 5.82 Å². The van der Waals surface area contributed by atoms with Gasteiger partial charge >= 0.3 is 0 Å². The number of ketones is 1. The lowest BCUT2D eigenvalue weighted by atomic mass is 10.0. The van der Waals surface area contributed by atoms with E-state index >= 15 is 0 Å². The van der Waals surface area contributed by atoms with Crippen LogP contribution in [0.15, 0.2) is 40.9 Å². The van der Waals surface area contributed by atoms with Gasteiger partial charge in [-0.25, -0.2) is 8.78 Å². The van der Waals surface area contributed by atoms with E-state index in [1.54, 1.807) is 12.1 Å². The van der Waals surface area contributed by atoms with Crippen molar-refractivity contribution in [1.82, 2.24) is 0 Å². The second-order valence-electron chi connectivity index (χ2n) is 4.17. The van der Waals surface area contributed by atoms with Crippen LogP contribution in [0.2, 0.25) is 0 Å². The van der Waals surface area contributed by atoms with E-state index < -0.39 is 17.4 Å². The predicted molar refractivity (Wildman–Crippen MR) is 75.1 cm³/mol. The molecule has 0 heterocycles. The zero-order valence-electron chi connectivity index (χ0n) is 10.6. The minimum atomic E-state index is -0.605. The highest BCUT2D eigenvalue weighted by Gasteiger charge is 2.15. The summed E-state index contributed by atoms with van der Waals surface area (Å²) in [7, 11) is 1.36. The van der Waals surface area contributed by atoms with Gasteiger partial charge in [0.15, 0.2) is 17.3 Å². The Morgan fingerprint density at radius 3 is 2.65 bits per heavy atom. The molecule has 0 amide bonds. The summed E-state index contributed by atoms with van der Waals surface area (Å²) in [6.45, 7) is 0. The van der Waals surface area contributed by atoms with Gasteiger partial charge in [0.05, 0.1) is 17.1 Å². The predicted octanol–water partition coefficient (Wildman–Crippen LogP) is 4.16. The molecule has 0 unspecified atom stereocenters. The number of ether oxygens (including phenoxy) is 1. The van der Waals surface area contributed by atoms with Crippen molar-refractivity contribution >= 4 is 21.7 Å². The molecule has 0 atom stereocenters. The first kappa shape index (κ1) is 14.7.